The van der Waals surface area contributed by atoms with Crippen LogP contribution in [0.1, 0.15) is 31.5 Å². The molecular weight excluding hydrogens is 335 g/mol. The lowest BCUT2D eigenvalue weighted by Gasteiger charge is -2.04. The van der Waals surface area contributed by atoms with Crippen molar-refractivity contribution in [2.45, 2.75) is 19.8 Å². The van der Waals surface area contributed by atoms with Gasteiger partial charge in [-0.15, -0.1) is 11.3 Å². The summed E-state index contributed by atoms with van der Waals surface area (Å²) < 4.78 is 12.9. The van der Waals surface area contributed by atoms with Crippen LogP contribution in [0.3, 0.4) is 0 Å². The molecule has 3 nitrogen and oxygen atoms in total. The van der Waals surface area contributed by atoms with Crippen LogP contribution in [0.5, 0.6) is 0 Å². The number of hydrogen-bond acceptors (Lipinski definition) is 3. The Morgan fingerprint density at radius 3 is 2.52 bits per heavy atom. The SMILES string of the molecule is Cc1nc(Cc2ccccc2)sc1C(=O)NCCc1ccc(F)cc1. The van der Waals surface area contributed by atoms with Gasteiger partial charge in [-0.3, -0.25) is 4.79 Å². The minimum atomic E-state index is -0.251. The second-order valence-corrected chi connectivity index (χ2v) is 6.90. The maximum atomic E-state index is 12.9. The van der Waals surface area contributed by atoms with E-state index in [0.717, 1.165) is 22.7 Å². The molecule has 0 fully saturated rings. The molecule has 3 rings (SSSR count). The van der Waals surface area contributed by atoms with E-state index < -0.39 is 0 Å². The first kappa shape index (κ1) is 17.3. The summed E-state index contributed by atoms with van der Waals surface area (Å²) in [5.74, 6) is -0.351. The zero-order chi connectivity index (χ0) is 17.6. The third-order valence-electron chi connectivity index (χ3n) is 3.86. The lowest BCUT2D eigenvalue weighted by molar-refractivity contribution is 0.0957. The number of rotatable bonds is 6. The monoisotopic (exact) mass is 354 g/mol. The van der Waals surface area contributed by atoms with E-state index in [1.54, 1.807) is 12.1 Å². The fourth-order valence-corrected chi connectivity index (χ4v) is 3.58. The van der Waals surface area contributed by atoms with Crippen molar-refractivity contribution in [2.75, 3.05) is 6.54 Å². The van der Waals surface area contributed by atoms with E-state index in [2.05, 4.69) is 22.4 Å². The van der Waals surface area contributed by atoms with Crippen molar-refractivity contribution in [2.24, 2.45) is 0 Å². The first-order valence-electron chi connectivity index (χ1n) is 8.14. The highest BCUT2D eigenvalue weighted by Crippen LogP contribution is 2.20. The third kappa shape index (κ3) is 4.73. The number of hydrogen-bond donors (Lipinski definition) is 1. The summed E-state index contributed by atoms with van der Waals surface area (Å²) in [4.78, 5) is 17.6. The van der Waals surface area contributed by atoms with Crippen LogP contribution in [-0.2, 0) is 12.8 Å². The molecule has 2 aromatic carbocycles. The van der Waals surface area contributed by atoms with Gasteiger partial charge in [0, 0.05) is 13.0 Å². The number of nitrogens with one attached hydrogen (secondary N) is 1. The predicted molar refractivity (Wildman–Crippen MR) is 98.5 cm³/mol. The molecule has 0 radical (unpaired) electrons. The van der Waals surface area contributed by atoms with E-state index in [9.17, 15) is 9.18 Å². The summed E-state index contributed by atoms with van der Waals surface area (Å²) >= 11 is 1.44. The predicted octanol–water partition coefficient (Wildman–Crippen LogP) is 4.15. The van der Waals surface area contributed by atoms with E-state index in [1.807, 2.05) is 25.1 Å². The molecule has 0 spiro atoms. The summed E-state index contributed by atoms with van der Waals surface area (Å²) in [7, 11) is 0. The Morgan fingerprint density at radius 1 is 1.08 bits per heavy atom. The number of carbonyl (C=O) groups excluding carboxylic acids is 1. The van der Waals surface area contributed by atoms with Gasteiger partial charge in [-0.25, -0.2) is 9.37 Å². The lowest BCUT2D eigenvalue weighted by Crippen LogP contribution is -2.25. The third-order valence-corrected chi connectivity index (χ3v) is 5.01. The summed E-state index contributed by atoms with van der Waals surface area (Å²) in [5, 5.41) is 3.86. The van der Waals surface area contributed by atoms with Gasteiger partial charge in [-0.1, -0.05) is 42.5 Å². The fourth-order valence-electron chi connectivity index (χ4n) is 2.56. The molecule has 0 atom stereocenters. The molecule has 0 aliphatic carbocycles. The Morgan fingerprint density at radius 2 is 1.80 bits per heavy atom. The van der Waals surface area contributed by atoms with E-state index in [1.165, 1.54) is 29.0 Å². The van der Waals surface area contributed by atoms with Gasteiger partial charge in [0.25, 0.3) is 5.91 Å². The Hall–Kier alpha value is -2.53. The fraction of sp³-hybridized carbons (Fsp3) is 0.200. The van der Waals surface area contributed by atoms with Gasteiger partial charge in [0.15, 0.2) is 0 Å². The molecule has 0 unspecified atom stereocenters. The zero-order valence-electron chi connectivity index (χ0n) is 14.0. The van der Waals surface area contributed by atoms with Crippen LogP contribution < -0.4 is 5.32 Å². The molecule has 1 aromatic heterocycles. The first-order chi connectivity index (χ1) is 12.1. The Kier molecular flexibility index (Phi) is 5.56. The van der Waals surface area contributed by atoms with Crippen LogP contribution in [0.15, 0.2) is 54.6 Å². The maximum absolute atomic E-state index is 12.9. The van der Waals surface area contributed by atoms with E-state index in [0.29, 0.717) is 17.8 Å². The minimum absolute atomic E-state index is 0.101. The number of nitrogens with zero attached hydrogens (tertiary/aromatic N) is 1. The number of carbonyl (C=O) groups is 1. The van der Waals surface area contributed by atoms with Gasteiger partial charge < -0.3 is 5.32 Å². The minimum Gasteiger partial charge on any atom is -0.351 e. The van der Waals surface area contributed by atoms with E-state index >= 15 is 0 Å². The van der Waals surface area contributed by atoms with Crippen LogP contribution in [0.25, 0.3) is 0 Å². The average molecular weight is 354 g/mol. The van der Waals surface area contributed by atoms with Gasteiger partial charge in [-0.2, -0.15) is 0 Å². The molecule has 3 aromatic rings. The second-order valence-electron chi connectivity index (χ2n) is 5.82. The molecule has 0 saturated carbocycles. The first-order valence-corrected chi connectivity index (χ1v) is 8.96. The number of aromatic nitrogens is 1. The molecular formula is C20H19FN2OS. The molecule has 1 N–H and O–H groups in total. The Bertz CT molecular complexity index is 844. The molecule has 128 valence electrons. The van der Waals surface area contributed by atoms with Crippen molar-refractivity contribution in [3.05, 3.63) is 87.1 Å². The largest absolute Gasteiger partial charge is 0.351 e. The summed E-state index contributed by atoms with van der Waals surface area (Å²) in [6.07, 6.45) is 1.40. The Balaban J connectivity index is 1.57. The van der Waals surface area contributed by atoms with Crippen molar-refractivity contribution >= 4 is 17.2 Å². The van der Waals surface area contributed by atoms with Crippen LogP contribution in [-0.4, -0.2) is 17.4 Å². The zero-order valence-corrected chi connectivity index (χ0v) is 14.8. The molecule has 1 heterocycles. The maximum Gasteiger partial charge on any atom is 0.263 e. The van der Waals surface area contributed by atoms with Gasteiger partial charge in [-0.05, 0) is 36.6 Å². The van der Waals surface area contributed by atoms with E-state index in [4.69, 9.17) is 0 Å². The van der Waals surface area contributed by atoms with Crippen molar-refractivity contribution < 1.29 is 9.18 Å². The highest BCUT2D eigenvalue weighted by Gasteiger charge is 2.15. The standard InChI is InChI=1S/C20H19FN2OS/c1-14-19(25-18(23-14)13-16-5-3-2-4-6-16)20(24)22-12-11-15-7-9-17(21)10-8-15/h2-10H,11-13H2,1H3,(H,22,24). The molecule has 25 heavy (non-hydrogen) atoms. The molecule has 0 aliphatic rings. The van der Waals surface area contributed by atoms with Crippen LogP contribution >= 0.6 is 11.3 Å². The molecule has 5 heteroatoms. The van der Waals surface area contributed by atoms with Gasteiger partial charge in [0.1, 0.15) is 10.7 Å². The van der Waals surface area contributed by atoms with Crippen LogP contribution in [0, 0.1) is 12.7 Å². The number of benzene rings is 2. The number of thiazole rings is 1. The molecule has 0 bridgehead atoms. The number of aryl methyl sites for hydroxylation is 1. The Labute approximate surface area is 150 Å². The highest BCUT2D eigenvalue weighted by molar-refractivity contribution is 7.13. The van der Waals surface area contributed by atoms with Crippen LogP contribution in [0.4, 0.5) is 4.39 Å². The number of amides is 1. The molecule has 0 aliphatic heterocycles. The van der Waals surface area contributed by atoms with Gasteiger partial charge >= 0.3 is 0 Å². The highest BCUT2D eigenvalue weighted by atomic mass is 32.1. The molecule has 0 saturated heterocycles. The smallest absolute Gasteiger partial charge is 0.263 e. The van der Waals surface area contributed by atoms with Crippen molar-refractivity contribution in [1.82, 2.24) is 10.3 Å². The van der Waals surface area contributed by atoms with Crippen LogP contribution in [0.2, 0.25) is 0 Å². The van der Waals surface area contributed by atoms with Crippen molar-refractivity contribution in [3.8, 4) is 0 Å². The normalized spacial score (nSPS) is 10.6. The summed E-state index contributed by atoms with van der Waals surface area (Å²) in [6, 6.07) is 16.4. The summed E-state index contributed by atoms with van der Waals surface area (Å²) in [5.41, 5.74) is 2.93. The average Bonchev–Trinajstić information content (AvgIpc) is 2.98. The molecule has 1 amide bonds. The van der Waals surface area contributed by atoms with E-state index in [-0.39, 0.29) is 11.7 Å². The lowest BCUT2D eigenvalue weighted by atomic mass is 10.1. The number of halogens is 1. The van der Waals surface area contributed by atoms with Crippen molar-refractivity contribution in [1.29, 1.82) is 0 Å². The summed E-state index contributed by atoms with van der Waals surface area (Å²) in [6.45, 7) is 2.37. The second kappa shape index (κ2) is 8.03. The van der Waals surface area contributed by atoms with Gasteiger partial charge in [0.2, 0.25) is 0 Å². The van der Waals surface area contributed by atoms with Gasteiger partial charge in [0.05, 0.1) is 10.7 Å². The topological polar surface area (TPSA) is 42.0 Å². The van der Waals surface area contributed by atoms with Crippen molar-refractivity contribution in [3.63, 3.8) is 0 Å². The quantitative estimate of drug-likeness (QED) is 0.722.